The van der Waals surface area contributed by atoms with Crippen LogP contribution in [0.5, 0.6) is 0 Å². The predicted octanol–water partition coefficient (Wildman–Crippen LogP) is 0.837. The van der Waals surface area contributed by atoms with Crippen molar-refractivity contribution in [1.82, 2.24) is 0 Å². The zero-order valence-corrected chi connectivity index (χ0v) is 6.60. The van der Waals surface area contributed by atoms with E-state index in [0.717, 1.165) is 5.92 Å². The van der Waals surface area contributed by atoms with Crippen LogP contribution >= 0.6 is 0 Å². The van der Waals surface area contributed by atoms with E-state index in [1.807, 2.05) is 0 Å². The summed E-state index contributed by atoms with van der Waals surface area (Å²) >= 11 is 0. The molecule has 0 aromatic rings. The van der Waals surface area contributed by atoms with Crippen molar-refractivity contribution >= 4 is 5.78 Å². The summed E-state index contributed by atoms with van der Waals surface area (Å²) in [6.07, 6.45) is 1.19. The lowest BCUT2D eigenvalue weighted by Gasteiger charge is -2.24. The van der Waals surface area contributed by atoms with E-state index >= 15 is 0 Å². The van der Waals surface area contributed by atoms with Gasteiger partial charge in [-0.15, -0.1) is 0 Å². The fraction of sp³-hybridized carbons (Fsp3) is 0.800. The first-order valence-electron chi connectivity index (χ1n) is 4.78. The number of carbonyl (C=O) groups is 1. The number of carbonyl (C=O) groups excluding carboxylic acids is 1. The Hall–Kier alpha value is -0.840. The minimum absolute atomic E-state index is 0.113. The second-order valence-corrected chi connectivity index (χ2v) is 4.83. The van der Waals surface area contributed by atoms with E-state index in [2.05, 4.69) is 6.07 Å². The van der Waals surface area contributed by atoms with Gasteiger partial charge in [0.1, 0.15) is 5.78 Å². The fourth-order valence-corrected chi connectivity index (χ4v) is 4.56. The molecule has 0 saturated heterocycles. The molecule has 60 valence electrons. The fourth-order valence-electron chi connectivity index (χ4n) is 4.56. The Balaban J connectivity index is 1.93. The first-order valence-corrected chi connectivity index (χ1v) is 4.78. The second kappa shape index (κ2) is 1.35. The zero-order chi connectivity index (χ0) is 8.03. The molecule has 4 saturated carbocycles. The summed E-state index contributed by atoms with van der Waals surface area (Å²) in [5.74, 6) is 3.86. The zero-order valence-electron chi connectivity index (χ0n) is 6.60. The van der Waals surface area contributed by atoms with Gasteiger partial charge in [-0.3, -0.25) is 4.79 Å². The third kappa shape index (κ3) is 0.327. The maximum atomic E-state index is 11.7. The van der Waals surface area contributed by atoms with Crippen LogP contribution in [0.1, 0.15) is 6.42 Å². The Labute approximate surface area is 70.6 Å². The van der Waals surface area contributed by atoms with Gasteiger partial charge in [-0.25, -0.2) is 0 Å². The van der Waals surface area contributed by atoms with E-state index < -0.39 is 0 Å². The van der Waals surface area contributed by atoms with Crippen LogP contribution in [-0.2, 0) is 4.79 Å². The molecule has 0 heterocycles. The summed E-state index contributed by atoms with van der Waals surface area (Å²) < 4.78 is 0. The highest BCUT2D eigenvalue weighted by Gasteiger charge is 2.80. The van der Waals surface area contributed by atoms with Crippen molar-refractivity contribution in [2.45, 2.75) is 6.42 Å². The van der Waals surface area contributed by atoms with Crippen LogP contribution in [0.4, 0.5) is 0 Å². The molecule has 2 nitrogen and oxygen atoms in total. The van der Waals surface area contributed by atoms with Gasteiger partial charge in [-0.1, -0.05) is 0 Å². The molecule has 0 aromatic heterocycles. The number of nitriles is 1. The van der Waals surface area contributed by atoms with Crippen molar-refractivity contribution in [1.29, 1.82) is 5.26 Å². The summed E-state index contributed by atoms with van der Waals surface area (Å²) in [6.45, 7) is 0. The summed E-state index contributed by atoms with van der Waals surface area (Å²) in [6, 6.07) is 2.35. The molecule has 0 radical (unpaired) electrons. The Morgan fingerprint density at radius 1 is 1.25 bits per heavy atom. The Morgan fingerprint density at radius 2 is 2.00 bits per heavy atom. The number of nitrogens with zero attached hydrogens (tertiary/aromatic N) is 1. The number of rotatable bonds is 0. The van der Waals surface area contributed by atoms with Gasteiger partial charge < -0.3 is 0 Å². The van der Waals surface area contributed by atoms with Crippen molar-refractivity contribution in [3.8, 4) is 6.07 Å². The molecule has 4 fully saturated rings. The van der Waals surface area contributed by atoms with Gasteiger partial charge in [0.15, 0.2) is 0 Å². The van der Waals surface area contributed by atoms with Gasteiger partial charge in [0.25, 0.3) is 0 Å². The van der Waals surface area contributed by atoms with E-state index in [-0.39, 0.29) is 11.8 Å². The number of hydrogen-bond donors (Lipinski definition) is 0. The first kappa shape index (κ1) is 5.75. The highest BCUT2D eigenvalue weighted by molar-refractivity contribution is 5.93. The Morgan fingerprint density at radius 3 is 2.58 bits per heavy atom. The molecule has 0 amide bonds. The summed E-state index contributed by atoms with van der Waals surface area (Å²) in [4.78, 5) is 11.7. The smallest absolute Gasteiger partial charge is 0.141 e. The van der Waals surface area contributed by atoms with Crippen molar-refractivity contribution in [2.75, 3.05) is 0 Å². The van der Waals surface area contributed by atoms with E-state index in [1.54, 1.807) is 0 Å². The van der Waals surface area contributed by atoms with Crippen molar-refractivity contribution in [2.24, 2.45) is 41.4 Å². The van der Waals surface area contributed by atoms with Crippen LogP contribution in [0.15, 0.2) is 0 Å². The largest absolute Gasteiger partial charge is 0.299 e. The maximum Gasteiger partial charge on any atom is 0.141 e. The number of Topliss-reactive ketones (excluding diaryl/α,β-unsaturated/α-hetero) is 1. The second-order valence-electron chi connectivity index (χ2n) is 4.83. The molecule has 0 N–H and O–H groups in total. The molecule has 4 rings (SSSR count). The Kier molecular flexibility index (Phi) is 0.645. The molecule has 12 heavy (non-hydrogen) atoms. The third-order valence-corrected chi connectivity index (χ3v) is 4.78. The van der Waals surface area contributed by atoms with Crippen LogP contribution in [0, 0.1) is 52.8 Å². The molecule has 4 aliphatic carbocycles. The van der Waals surface area contributed by atoms with Crippen LogP contribution in [0.2, 0.25) is 0 Å². The van der Waals surface area contributed by atoms with Gasteiger partial charge in [0.2, 0.25) is 0 Å². The monoisotopic (exact) mass is 159 g/mol. The highest BCUT2D eigenvalue weighted by Crippen LogP contribution is 2.78. The van der Waals surface area contributed by atoms with Crippen LogP contribution in [0.25, 0.3) is 0 Å². The topological polar surface area (TPSA) is 40.9 Å². The minimum atomic E-state index is 0.113. The van der Waals surface area contributed by atoms with Gasteiger partial charge in [0, 0.05) is 11.8 Å². The molecule has 7 atom stereocenters. The molecule has 0 aliphatic heterocycles. The molecular weight excluding hydrogens is 150 g/mol. The van der Waals surface area contributed by atoms with E-state index in [9.17, 15) is 4.79 Å². The summed E-state index contributed by atoms with van der Waals surface area (Å²) in [7, 11) is 0. The Bertz CT molecular complexity index is 342. The van der Waals surface area contributed by atoms with E-state index in [4.69, 9.17) is 5.26 Å². The molecule has 0 aromatic carbocycles. The highest BCUT2D eigenvalue weighted by atomic mass is 16.1. The number of fused-ring (bicyclic) bond motifs is 3. The van der Waals surface area contributed by atoms with Crippen LogP contribution in [0.3, 0.4) is 0 Å². The molecule has 2 bridgehead atoms. The molecule has 4 aliphatic rings. The lowest BCUT2D eigenvalue weighted by molar-refractivity contribution is -0.126. The van der Waals surface area contributed by atoms with Gasteiger partial charge >= 0.3 is 0 Å². The maximum absolute atomic E-state index is 11.7. The molecule has 0 spiro atoms. The van der Waals surface area contributed by atoms with Gasteiger partial charge in [-0.05, 0) is 30.1 Å². The summed E-state index contributed by atoms with van der Waals surface area (Å²) in [5.41, 5.74) is 0. The summed E-state index contributed by atoms with van der Waals surface area (Å²) in [5, 5.41) is 8.94. The average molecular weight is 159 g/mol. The minimum Gasteiger partial charge on any atom is -0.299 e. The van der Waals surface area contributed by atoms with Crippen molar-refractivity contribution in [3.63, 3.8) is 0 Å². The van der Waals surface area contributed by atoms with Gasteiger partial charge in [0.05, 0.1) is 12.0 Å². The predicted molar refractivity (Wildman–Crippen MR) is 39.7 cm³/mol. The first-order chi connectivity index (χ1) is 5.84. The molecule has 7 unspecified atom stereocenters. The SMILES string of the molecule is N#CC1C2CC3C1C(=O)C1C2C31. The quantitative estimate of drug-likeness (QED) is 0.525. The lowest BCUT2D eigenvalue weighted by atomic mass is 9.76. The molecular formula is C10H9NO. The number of hydrogen-bond acceptors (Lipinski definition) is 2. The third-order valence-electron chi connectivity index (χ3n) is 4.78. The van der Waals surface area contributed by atoms with Gasteiger partial charge in [-0.2, -0.15) is 5.26 Å². The van der Waals surface area contributed by atoms with Crippen LogP contribution in [-0.4, -0.2) is 5.78 Å². The standard InChI is InChI=1S/C10H9NO/c11-2-5-3-1-4-6(5)10(12)9-7(3)8(4)9/h3-9H,1H2. The van der Waals surface area contributed by atoms with E-state index in [1.165, 1.54) is 6.42 Å². The molecule has 2 heteroatoms. The van der Waals surface area contributed by atoms with Crippen LogP contribution < -0.4 is 0 Å². The normalized spacial score (nSPS) is 68.6. The van der Waals surface area contributed by atoms with Crippen molar-refractivity contribution in [3.05, 3.63) is 0 Å². The lowest BCUT2D eigenvalue weighted by Crippen LogP contribution is -2.31. The van der Waals surface area contributed by atoms with Crippen molar-refractivity contribution < 1.29 is 4.79 Å². The average Bonchev–Trinajstić information content (AvgIpc) is 2.51. The van der Waals surface area contributed by atoms with E-state index in [0.29, 0.717) is 29.5 Å². The number of ketones is 1.